The maximum Gasteiger partial charge on any atom is 0.138 e. The molecule has 1 aromatic rings. The Balaban J connectivity index is 2.41. The summed E-state index contributed by atoms with van der Waals surface area (Å²) in [4.78, 5) is 3.96. The molecule has 2 nitrogen and oxygen atoms in total. The van der Waals surface area contributed by atoms with Gasteiger partial charge in [-0.05, 0) is 28.4 Å². The molecule has 0 unspecified atom stereocenters. The highest BCUT2D eigenvalue weighted by molar-refractivity contribution is 9.10. The zero-order valence-corrected chi connectivity index (χ0v) is 8.81. The summed E-state index contributed by atoms with van der Waals surface area (Å²) in [6.07, 6.45) is 4.25. The second-order valence-electron chi connectivity index (χ2n) is 2.23. The van der Waals surface area contributed by atoms with Gasteiger partial charge >= 0.3 is 0 Å². The normalized spacial score (nSPS) is 9.83. The van der Waals surface area contributed by atoms with Crippen LogP contribution in [0.15, 0.2) is 22.9 Å². The Kier molecular flexibility index (Phi) is 4.40. The summed E-state index contributed by atoms with van der Waals surface area (Å²) in [5, 5.41) is 0. The van der Waals surface area contributed by atoms with Crippen molar-refractivity contribution in [3.63, 3.8) is 0 Å². The lowest BCUT2D eigenvalue weighted by Gasteiger charge is -2.03. The van der Waals surface area contributed by atoms with Crippen molar-refractivity contribution in [3.8, 4) is 5.75 Å². The van der Waals surface area contributed by atoms with E-state index in [9.17, 15) is 0 Å². The summed E-state index contributed by atoms with van der Waals surface area (Å²) >= 11 is 8.80. The molecule has 1 heterocycles. The second kappa shape index (κ2) is 5.38. The number of rotatable bonds is 4. The number of hydrogen-bond acceptors (Lipinski definition) is 2. The summed E-state index contributed by atoms with van der Waals surface area (Å²) < 4.78 is 6.27. The van der Waals surface area contributed by atoms with E-state index in [0.29, 0.717) is 12.5 Å². The largest absolute Gasteiger partial charge is 0.492 e. The van der Waals surface area contributed by atoms with Crippen LogP contribution in [-0.2, 0) is 0 Å². The predicted octanol–water partition coefficient (Wildman–Crippen LogP) is 2.85. The molecule has 66 valence electrons. The number of halogens is 2. The van der Waals surface area contributed by atoms with E-state index in [1.54, 1.807) is 12.4 Å². The van der Waals surface area contributed by atoms with Crippen LogP contribution in [0, 0.1) is 0 Å². The summed E-state index contributed by atoms with van der Waals surface area (Å²) in [7, 11) is 0. The van der Waals surface area contributed by atoms with E-state index in [0.717, 1.165) is 16.6 Å². The fraction of sp³-hybridized carbons (Fsp3) is 0.375. The Hall–Kier alpha value is -0.280. The van der Waals surface area contributed by atoms with Gasteiger partial charge < -0.3 is 4.74 Å². The van der Waals surface area contributed by atoms with Crippen molar-refractivity contribution < 1.29 is 4.74 Å². The number of hydrogen-bond donors (Lipinski definition) is 0. The van der Waals surface area contributed by atoms with E-state index in [1.165, 1.54) is 0 Å². The van der Waals surface area contributed by atoms with Crippen LogP contribution < -0.4 is 4.74 Å². The molecule has 1 rings (SSSR count). The highest BCUT2D eigenvalue weighted by Crippen LogP contribution is 2.15. The first-order valence-corrected chi connectivity index (χ1v) is 4.95. The maximum absolute atomic E-state index is 5.49. The summed E-state index contributed by atoms with van der Waals surface area (Å²) in [5.41, 5.74) is 0. The standard InChI is InChI=1S/C8H9BrClNO/c9-7-4-8(6-11-5-7)12-3-1-2-10/h4-6H,1-3H2. The molecule has 0 atom stereocenters. The van der Waals surface area contributed by atoms with Gasteiger partial charge in [-0.1, -0.05) is 0 Å². The van der Waals surface area contributed by atoms with Gasteiger partial charge in [0.2, 0.25) is 0 Å². The maximum atomic E-state index is 5.49. The van der Waals surface area contributed by atoms with E-state index in [4.69, 9.17) is 16.3 Å². The monoisotopic (exact) mass is 249 g/mol. The molecule has 0 amide bonds. The van der Waals surface area contributed by atoms with Crippen molar-refractivity contribution in [2.24, 2.45) is 0 Å². The van der Waals surface area contributed by atoms with Crippen LogP contribution in [-0.4, -0.2) is 17.5 Å². The average molecular weight is 251 g/mol. The van der Waals surface area contributed by atoms with Gasteiger partial charge in [0.15, 0.2) is 0 Å². The summed E-state index contributed by atoms with van der Waals surface area (Å²) in [5.74, 6) is 1.40. The van der Waals surface area contributed by atoms with E-state index in [-0.39, 0.29) is 0 Å². The number of nitrogens with zero attached hydrogens (tertiary/aromatic N) is 1. The van der Waals surface area contributed by atoms with Gasteiger partial charge in [-0.2, -0.15) is 0 Å². The molecule has 0 aliphatic heterocycles. The van der Waals surface area contributed by atoms with Gasteiger partial charge in [0.1, 0.15) is 5.75 Å². The van der Waals surface area contributed by atoms with Crippen molar-refractivity contribution in [3.05, 3.63) is 22.9 Å². The first-order valence-electron chi connectivity index (χ1n) is 3.62. The fourth-order valence-corrected chi connectivity index (χ4v) is 1.17. The Morgan fingerprint density at radius 3 is 3.00 bits per heavy atom. The molecular weight excluding hydrogens is 241 g/mol. The van der Waals surface area contributed by atoms with Gasteiger partial charge in [-0.3, -0.25) is 4.98 Å². The number of pyridine rings is 1. The van der Waals surface area contributed by atoms with Crippen molar-refractivity contribution in [1.82, 2.24) is 4.98 Å². The van der Waals surface area contributed by atoms with Crippen molar-refractivity contribution in [1.29, 1.82) is 0 Å². The molecular formula is C8H9BrClNO. The fourth-order valence-electron chi connectivity index (χ4n) is 0.716. The van der Waals surface area contributed by atoms with Crippen molar-refractivity contribution in [2.45, 2.75) is 6.42 Å². The van der Waals surface area contributed by atoms with Crippen LogP contribution in [0.2, 0.25) is 0 Å². The van der Waals surface area contributed by atoms with E-state index in [1.807, 2.05) is 6.07 Å². The zero-order valence-electron chi connectivity index (χ0n) is 6.46. The summed E-state index contributed by atoms with van der Waals surface area (Å²) in [6.45, 7) is 0.641. The molecule has 1 aromatic heterocycles. The Morgan fingerprint density at radius 1 is 1.50 bits per heavy atom. The molecule has 0 aliphatic carbocycles. The quantitative estimate of drug-likeness (QED) is 0.605. The topological polar surface area (TPSA) is 22.1 Å². The molecule has 0 fully saturated rings. The molecule has 0 aliphatic rings. The van der Waals surface area contributed by atoms with Gasteiger partial charge in [0, 0.05) is 16.5 Å². The molecule has 0 bridgehead atoms. The molecule has 0 saturated carbocycles. The third-order valence-corrected chi connectivity index (χ3v) is 1.93. The number of aromatic nitrogens is 1. The third kappa shape index (κ3) is 3.41. The highest BCUT2D eigenvalue weighted by atomic mass is 79.9. The molecule has 12 heavy (non-hydrogen) atoms. The molecule has 0 spiro atoms. The smallest absolute Gasteiger partial charge is 0.138 e. The van der Waals surface area contributed by atoms with Gasteiger partial charge in [0.25, 0.3) is 0 Å². The molecule has 0 radical (unpaired) electrons. The highest BCUT2D eigenvalue weighted by Gasteiger charge is 1.94. The van der Waals surface area contributed by atoms with Crippen LogP contribution >= 0.6 is 27.5 Å². The minimum absolute atomic E-state index is 0.626. The Labute approximate surface area is 85.0 Å². The molecule has 0 N–H and O–H groups in total. The third-order valence-electron chi connectivity index (χ3n) is 1.23. The molecule has 0 saturated heterocycles. The number of alkyl halides is 1. The first-order chi connectivity index (χ1) is 5.83. The van der Waals surface area contributed by atoms with Crippen LogP contribution in [0.1, 0.15) is 6.42 Å². The van der Waals surface area contributed by atoms with Crippen molar-refractivity contribution in [2.75, 3.05) is 12.5 Å². The lowest BCUT2D eigenvalue weighted by atomic mass is 10.4. The number of ether oxygens (including phenoxy) is 1. The van der Waals surface area contributed by atoms with E-state index < -0.39 is 0 Å². The lowest BCUT2D eigenvalue weighted by Crippen LogP contribution is -1.97. The van der Waals surface area contributed by atoms with Crippen molar-refractivity contribution >= 4 is 27.5 Å². The van der Waals surface area contributed by atoms with Crippen LogP contribution in [0.25, 0.3) is 0 Å². The lowest BCUT2D eigenvalue weighted by molar-refractivity contribution is 0.317. The van der Waals surface area contributed by atoms with Crippen LogP contribution in [0.3, 0.4) is 0 Å². The van der Waals surface area contributed by atoms with Gasteiger partial charge in [-0.15, -0.1) is 11.6 Å². The van der Waals surface area contributed by atoms with E-state index in [2.05, 4.69) is 20.9 Å². The molecule has 4 heteroatoms. The second-order valence-corrected chi connectivity index (χ2v) is 3.52. The molecule has 0 aromatic carbocycles. The minimum Gasteiger partial charge on any atom is -0.492 e. The zero-order chi connectivity index (χ0) is 8.81. The van der Waals surface area contributed by atoms with E-state index >= 15 is 0 Å². The summed E-state index contributed by atoms with van der Waals surface area (Å²) in [6, 6.07) is 1.88. The first kappa shape index (κ1) is 9.81. The predicted molar refractivity (Wildman–Crippen MR) is 52.8 cm³/mol. The van der Waals surface area contributed by atoms with Crippen LogP contribution in [0.5, 0.6) is 5.75 Å². The average Bonchev–Trinajstić information content (AvgIpc) is 2.05. The van der Waals surface area contributed by atoms with Gasteiger partial charge in [0.05, 0.1) is 12.8 Å². The van der Waals surface area contributed by atoms with Crippen LogP contribution in [0.4, 0.5) is 0 Å². The SMILES string of the molecule is ClCCCOc1cncc(Br)c1. The Morgan fingerprint density at radius 2 is 2.33 bits per heavy atom. The van der Waals surface area contributed by atoms with Gasteiger partial charge in [-0.25, -0.2) is 0 Å². The Bertz CT molecular complexity index is 244. The minimum atomic E-state index is 0.626.